The monoisotopic (exact) mass is 562 g/mol. The van der Waals surface area contributed by atoms with Crippen molar-refractivity contribution < 1.29 is 0 Å². The van der Waals surface area contributed by atoms with E-state index >= 15 is 0 Å². The first-order valence-corrected chi connectivity index (χ1v) is 14.8. The van der Waals surface area contributed by atoms with Crippen LogP contribution >= 0.6 is 0 Å². The molecule has 4 nitrogen and oxygen atoms in total. The highest BCUT2D eigenvalue weighted by atomic mass is 15.0. The van der Waals surface area contributed by atoms with Gasteiger partial charge in [0.25, 0.3) is 0 Å². The molecule has 0 fully saturated rings. The standard InChI is InChI=1S/C40H26N4/c1-3-16-37-31(12-1)33-24-27(35-14-5-7-22-41-35)18-20-39(33)43(37)29-10-9-11-30(26-29)44-38-17-4-2-13-32(38)34-25-28(19-21-40(34)44)36-15-6-8-23-42-36/h1-26H. The van der Waals surface area contributed by atoms with Gasteiger partial charge in [0.15, 0.2) is 0 Å². The lowest BCUT2D eigenvalue weighted by Gasteiger charge is -2.13. The highest BCUT2D eigenvalue weighted by Gasteiger charge is 2.17. The Balaban J connectivity index is 1.25. The fourth-order valence-electron chi connectivity index (χ4n) is 6.66. The van der Waals surface area contributed by atoms with Crippen LogP contribution in [0.25, 0.3) is 77.5 Å². The SMILES string of the molecule is c1ccc(-c2ccc3c(c2)c2ccccc2n3-c2cccc(-n3c4ccccc4c4cc(-c5ccccn5)ccc43)c2)nc1. The molecule has 5 aromatic carbocycles. The Morgan fingerprint density at radius 3 is 1.27 bits per heavy atom. The number of para-hydroxylation sites is 2. The zero-order valence-corrected chi connectivity index (χ0v) is 23.8. The van der Waals surface area contributed by atoms with Gasteiger partial charge in [-0.1, -0.05) is 66.7 Å². The quantitative estimate of drug-likeness (QED) is 0.214. The number of hydrogen-bond acceptors (Lipinski definition) is 2. The minimum Gasteiger partial charge on any atom is -0.309 e. The van der Waals surface area contributed by atoms with Crippen molar-refractivity contribution in [2.75, 3.05) is 0 Å². The lowest BCUT2D eigenvalue weighted by atomic mass is 10.1. The van der Waals surface area contributed by atoms with E-state index in [1.54, 1.807) is 0 Å². The van der Waals surface area contributed by atoms with Gasteiger partial charge in [-0.05, 0) is 78.9 Å². The zero-order chi connectivity index (χ0) is 29.0. The maximum absolute atomic E-state index is 4.60. The van der Waals surface area contributed by atoms with Crippen LogP contribution in [0, 0.1) is 0 Å². The van der Waals surface area contributed by atoms with E-state index in [-0.39, 0.29) is 0 Å². The van der Waals surface area contributed by atoms with Crippen LogP contribution in [0.3, 0.4) is 0 Å². The van der Waals surface area contributed by atoms with Gasteiger partial charge < -0.3 is 9.13 Å². The van der Waals surface area contributed by atoms with Crippen molar-refractivity contribution in [3.05, 3.63) is 158 Å². The lowest BCUT2D eigenvalue weighted by molar-refractivity contribution is 1.13. The second kappa shape index (κ2) is 9.79. The van der Waals surface area contributed by atoms with Crippen molar-refractivity contribution in [2.45, 2.75) is 0 Å². The van der Waals surface area contributed by atoms with Crippen LogP contribution in [0.4, 0.5) is 0 Å². The van der Waals surface area contributed by atoms with Crippen molar-refractivity contribution in [3.63, 3.8) is 0 Å². The van der Waals surface area contributed by atoms with Crippen LogP contribution in [-0.4, -0.2) is 19.1 Å². The molecule has 9 rings (SSSR count). The number of rotatable bonds is 4. The number of nitrogens with zero attached hydrogens (tertiary/aromatic N) is 4. The average molecular weight is 563 g/mol. The second-order valence-corrected chi connectivity index (χ2v) is 11.1. The molecule has 0 saturated heterocycles. The Hall–Kier alpha value is -6.00. The van der Waals surface area contributed by atoms with Crippen LogP contribution < -0.4 is 0 Å². The molecule has 206 valence electrons. The number of hydrogen-bond donors (Lipinski definition) is 0. The van der Waals surface area contributed by atoms with Gasteiger partial charge in [-0.25, -0.2) is 0 Å². The van der Waals surface area contributed by atoms with Crippen molar-refractivity contribution in [3.8, 4) is 33.9 Å². The Kier molecular flexibility index (Phi) is 5.47. The molecule has 0 radical (unpaired) electrons. The average Bonchev–Trinajstić information content (AvgIpc) is 3.61. The molecule has 4 heteroatoms. The molecule has 0 aliphatic carbocycles. The molecule has 0 bridgehead atoms. The molecule has 0 unspecified atom stereocenters. The van der Waals surface area contributed by atoms with E-state index < -0.39 is 0 Å². The van der Waals surface area contributed by atoms with Gasteiger partial charge in [-0.15, -0.1) is 0 Å². The molecule has 0 saturated carbocycles. The Labute approximate surface area is 254 Å². The summed E-state index contributed by atoms with van der Waals surface area (Å²) in [4.78, 5) is 9.20. The Morgan fingerprint density at radius 2 is 0.795 bits per heavy atom. The fraction of sp³-hybridized carbons (Fsp3) is 0. The maximum atomic E-state index is 4.60. The molecule has 0 amide bonds. The largest absolute Gasteiger partial charge is 0.309 e. The summed E-state index contributed by atoms with van der Waals surface area (Å²) in [5.74, 6) is 0. The van der Waals surface area contributed by atoms with E-state index in [4.69, 9.17) is 0 Å². The van der Waals surface area contributed by atoms with Crippen LogP contribution in [0.1, 0.15) is 0 Å². The fourth-order valence-corrected chi connectivity index (χ4v) is 6.66. The summed E-state index contributed by atoms with van der Waals surface area (Å²) in [6.45, 7) is 0. The number of pyridine rings is 2. The van der Waals surface area contributed by atoms with Crippen LogP contribution in [-0.2, 0) is 0 Å². The number of fused-ring (bicyclic) bond motifs is 6. The second-order valence-electron chi connectivity index (χ2n) is 11.1. The molecule has 4 aromatic heterocycles. The topological polar surface area (TPSA) is 35.6 Å². The first kappa shape index (κ1) is 24.6. The van der Waals surface area contributed by atoms with E-state index in [0.717, 1.165) is 33.9 Å². The minimum absolute atomic E-state index is 0.978. The van der Waals surface area contributed by atoms with Gasteiger partial charge in [0, 0.05) is 56.4 Å². The number of aromatic nitrogens is 4. The summed E-state index contributed by atoms with van der Waals surface area (Å²) >= 11 is 0. The molecule has 0 spiro atoms. The molecule has 0 N–H and O–H groups in total. The third-order valence-electron chi connectivity index (χ3n) is 8.61. The van der Waals surface area contributed by atoms with Crippen molar-refractivity contribution >= 4 is 43.6 Å². The van der Waals surface area contributed by atoms with Gasteiger partial charge in [0.1, 0.15) is 0 Å². The van der Waals surface area contributed by atoms with E-state index in [2.05, 4.69) is 140 Å². The third-order valence-corrected chi connectivity index (χ3v) is 8.61. The molecule has 4 heterocycles. The summed E-state index contributed by atoms with van der Waals surface area (Å²) in [5.41, 5.74) is 11.1. The molecule has 0 aliphatic rings. The van der Waals surface area contributed by atoms with E-state index in [9.17, 15) is 0 Å². The normalized spacial score (nSPS) is 11.6. The van der Waals surface area contributed by atoms with Crippen molar-refractivity contribution in [1.82, 2.24) is 19.1 Å². The van der Waals surface area contributed by atoms with Crippen molar-refractivity contribution in [1.29, 1.82) is 0 Å². The molecular formula is C40H26N4. The summed E-state index contributed by atoms with van der Waals surface area (Å²) < 4.78 is 4.76. The summed E-state index contributed by atoms with van der Waals surface area (Å²) in [7, 11) is 0. The molecular weight excluding hydrogens is 536 g/mol. The van der Waals surface area contributed by atoms with Crippen LogP contribution in [0.15, 0.2) is 158 Å². The predicted octanol–water partition coefficient (Wildman–Crippen LogP) is 10.0. The third kappa shape index (κ3) is 3.78. The minimum atomic E-state index is 0.978. The molecule has 0 aliphatic heterocycles. The zero-order valence-electron chi connectivity index (χ0n) is 23.8. The summed E-state index contributed by atoms with van der Waals surface area (Å²) in [6.07, 6.45) is 3.70. The lowest BCUT2D eigenvalue weighted by Crippen LogP contribution is -1.98. The van der Waals surface area contributed by atoms with Gasteiger partial charge in [-0.2, -0.15) is 0 Å². The summed E-state index contributed by atoms with van der Waals surface area (Å²) in [5, 5.41) is 4.88. The van der Waals surface area contributed by atoms with Crippen molar-refractivity contribution in [2.24, 2.45) is 0 Å². The smallest absolute Gasteiger partial charge is 0.0702 e. The predicted molar refractivity (Wildman–Crippen MR) is 182 cm³/mol. The van der Waals surface area contributed by atoms with Crippen LogP contribution in [0.5, 0.6) is 0 Å². The first-order valence-electron chi connectivity index (χ1n) is 14.8. The molecule has 0 atom stereocenters. The highest BCUT2D eigenvalue weighted by Crippen LogP contribution is 2.37. The summed E-state index contributed by atoms with van der Waals surface area (Å²) in [6, 6.07) is 51.7. The Bertz CT molecular complexity index is 2320. The van der Waals surface area contributed by atoms with Gasteiger partial charge in [0.2, 0.25) is 0 Å². The van der Waals surface area contributed by atoms with Gasteiger partial charge in [-0.3, -0.25) is 9.97 Å². The van der Waals surface area contributed by atoms with Gasteiger partial charge in [0.05, 0.1) is 33.5 Å². The first-order chi connectivity index (χ1) is 21.8. The van der Waals surface area contributed by atoms with E-state index in [1.165, 1.54) is 43.6 Å². The Morgan fingerprint density at radius 1 is 0.341 bits per heavy atom. The van der Waals surface area contributed by atoms with Gasteiger partial charge >= 0.3 is 0 Å². The van der Waals surface area contributed by atoms with Crippen LogP contribution in [0.2, 0.25) is 0 Å². The van der Waals surface area contributed by atoms with E-state index in [0.29, 0.717) is 0 Å². The maximum Gasteiger partial charge on any atom is 0.0702 e. The van der Waals surface area contributed by atoms with E-state index in [1.807, 2.05) is 36.7 Å². The highest BCUT2D eigenvalue weighted by molar-refractivity contribution is 6.11. The number of benzene rings is 5. The molecule has 44 heavy (non-hydrogen) atoms. The molecule has 9 aromatic rings.